The highest BCUT2D eigenvalue weighted by Crippen LogP contribution is 2.42. The van der Waals surface area contributed by atoms with Crippen LogP contribution < -0.4 is 0 Å². The molecule has 3 aromatic heterocycles. The average Bonchev–Trinajstić information content (AvgIpc) is 3.34. The van der Waals surface area contributed by atoms with E-state index in [0.29, 0.717) is 5.69 Å². The summed E-state index contributed by atoms with van der Waals surface area (Å²) in [5, 5.41) is -1.04. The molecular formula is C54H34N2O. The van der Waals surface area contributed by atoms with Gasteiger partial charge < -0.3 is 13.6 Å². The number of benzene rings is 9. The van der Waals surface area contributed by atoms with Crippen LogP contribution in [0.3, 0.4) is 0 Å². The quantitative estimate of drug-likeness (QED) is 0.172. The van der Waals surface area contributed by atoms with Gasteiger partial charge in [0.05, 0.1) is 50.9 Å². The largest absolute Gasteiger partial charge is 0.456 e. The molecule has 12 aromatic rings. The number of furan rings is 1. The molecule has 0 aliphatic heterocycles. The maximum Gasteiger partial charge on any atom is 0.137 e. The lowest BCUT2D eigenvalue weighted by molar-refractivity contribution is 0.668. The number of hydrogen-bond acceptors (Lipinski definition) is 1. The summed E-state index contributed by atoms with van der Waals surface area (Å²) >= 11 is 0. The Morgan fingerprint density at radius 2 is 1.11 bits per heavy atom. The lowest BCUT2D eigenvalue weighted by Gasteiger charge is -2.13. The monoisotopic (exact) mass is 747 g/mol. The van der Waals surface area contributed by atoms with E-state index in [1.54, 1.807) is 24.3 Å². The summed E-state index contributed by atoms with van der Waals surface area (Å²) in [5.74, 6) is 0. The molecule has 3 heterocycles. The van der Waals surface area contributed by atoms with Crippen LogP contribution in [0.5, 0.6) is 0 Å². The highest BCUT2D eigenvalue weighted by atomic mass is 16.3. The lowest BCUT2D eigenvalue weighted by Crippen LogP contribution is -1.96. The summed E-state index contributed by atoms with van der Waals surface area (Å²) in [5.41, 5.74) is -0.251. The third-order valence-electron chi connectivity index (χ3n) is 10.2. The van der Waals surface area contributed by atoms with Crippen molar-refractivity contribution in [3.05, 3.63) is 206 Å². The smallest absolute Gasteiger partial charge is 0.137 e. The molecule has 0 fully saturated rings. The molecule has 0 bridgehead atoms. The number of nitrogens with zero attached hydrogens (tertiary/aromatic N) is 2. The van der Waals surface area contributed by atoms with Crippen molar-refractivity contribution >= 4 is 65.6 Å². The van der Waals surface area contributed by atoms with Crippen molar-refractivity contribution in [2.45, 2.75) is 0 Å². The molecule has 3 heteroatoms. The maximum absolute atomic E-state index is 10.1. The second-order valence-corrected chi connectivity index (χ2v) is 13.3. The second kappa shape index (κ2) is 12.5. The Morgan fingerprint density at radius 1 is 0.386 bits per heavy atom. The molecule has 0 unspecified atom stereocenters. The number of rotatable bonds is 5. The molecule has 0 amide bonds. The lowest BCUT2D eigenvalue weighted by atomic mass is 9.99. The molecule has 0 spiro atoms. The fourth-order valence-corrected chi connectivity index (χ4v) is 7.70. The van der Waals surface area contributed by atoms with Gasteiger partial charge in [-0.2, -0.15) is 0 Å². The van der Waals surface area contributed by atoms with E-state index in [1.807, 2.05) is 30.3 Å². The van der Waals surface area contributed by atoms with E-state index in [2.05, 4.69) is 0 Å². The van der Waals surface area contributed by atoms with Gasteiger partial charge in [-0.05, 0) is 82.3 Å². The van der Waals surface area contributed by atoms with Crippen LogP contribution >= 0.6 is 0 Å². The van der Waals surface area contributed by atoms with Crippen molar-refractivity contribution in [3.63, 3.8) is 0 Å². The van der Waals surface area contributed by atoms with Crippen LogP contribution in [0.2, 0.25) is 0 Å². The first-order valence-corrected chi connectivity index (χ1v) is 17.8. The Balaban J connectivity index is 1.21. The van der Waals surface area contributed by atoms with Crippen molar-refractivity contribution in [2.24, 2.45) is 0 Å². The SMILES string of the molecule is [2H]c1cc(-c2c([2H])c([2H])cc3oc4cc(-n5c6c([2H])cc(-c7c([2H])c([2H])c([2H])c8c9c([2H])c([2H])c([2H])c([2H])c9n(-c9ccc(-c%10ccccc%10)cc9)c78)c([2H])c6c6c([2H])c([2H])c([2H])c([2H])c65)c([2H])c([2H])c4c23)c([2H])c([2H])c1[2H]. The van der Waals surface area contributed by atoms with Gasteiger partial charge in [-0.1, -0.05) is 145 Å². The van der Waals surface area contributed by atoms with Gasteiger partial charge in [0.1, 0.15) is 11.2 Å². The third kappa shape index (κ3) is 4.86. The van der Waals surface area contributed by atoms with E-state index >= 15 is 0 Å². The van der Waals surface area contributed by atoms with Crippen LogP contribution in [0.15, 0.2) is 210 Å². The zero-order valence-electron chi connectivity index (χ0n) is 50.3. The van der Waals surface area contributed by atoms with Crippen molar-refractivity contribution < 1.29 is 33.2 Å². The van der Waals surface area contributed by atoms with E-state index in [9.17, 15) is 13.7 Å². The summed E-state index contributed by atoms with van der Waals surface area (Å²) in [6.07, 6.45) is 0. The Morgan fingerprint density at radius 3 is 1.96 bits per heavy atom. The molecule has 0 radical (unpaired) electrons. The minimum atomic E-state index is -0.733. The molecule has 0 aliphatic carbocycles. The first-order chi connectivity index (χ1) is 37.0. The van der Waals surface area contributed by atoms with Crippen LogP contribution in [0.25, 0.3) is 110 Å². The molecular weight excluding hydrogens is 693 g/mol. The normalized spacial score (nSPS) is 17.0. The van der Waals surface area contributed by atoms with E-state index in [-0.39, 0.29) is 93.5 Å². The van der Waals surface area contributed by atoms with Gasteiger partial charge >= 0.3 is 0 Å². The second-order valence-electron chi connectivity index (χ2n) is 13.3. The summed E-state index contributed by atoms with van der Waals surface area (Å²) in [7, 11) is 0. The molecule has 0 N–H and O–H groups in total. The fraction of sp³-hybridized carbons (Fsp3) is 0. The van der Waals surface area contributed by atoms with Crippen LogP contribution in [0.1, 0.15) is 28.8 Å². The number of para-hydroxylation sites is 3. The molecule has 0 saturated carbocycles. The summed E-state index contributed by atoms with van der Waals surface area (Å²) in [4.78, 5) is 0. The molecule has 0 aliphatic rings. The van der Waals surface area contributed by atoms with Crippen LogP contribution in [-0.4, -0.2) is 9.13 Å². The highest BCUT2D eigenvalue weighted by Gasteiger charge is 2.20. The van der Waals surface area contributed by atoms with E-state index in [4.69, 9.17) is 19.5 Å². The number of fused-ring (bicyclic) bond motifs is 9. The van der Waals surface area contributed by atoms with Crippen molar-refractivity contribution in [1.29, 1.82) is 0 Å². The topological polar surface area (TPSA) is 23.0 Å². The van der Waals surface area contributed by atoms with Gasteiger partial charge in [0.15, 0.2) is 0 Å². The first kappa shape index (κ1) is 17.5. The van der Waals surface area contributed by atoms with E-state index in [0.717, 1.165) is 27.8 Å². The van der Waals surface area contributed by atoms with Gasteiger partial charge in [0.25, 0.3) is 0 Å². The van der Waals surface area contributed by atoms with Gasteiger partial charge in [-0.15, -0.1) is 0 Å². The maximum atomic E-state index is 10.1. The van der Waals surface area contributed by atoms with Crippen molar-refractivity contribution in [2.75, 3.05) is 0 Å². The summed E-state index contributed by atoms with van der Waals surface area (Å²) < 4.78 is 199. The van der Waals surface area contributed by atoms with Gasteiger partial charge in [0, 0.05) is 55.3 Å². The molecule has 266 valence electrons. The Bertz CT molecular complexity index is 4740. The first-order valence-electron chi connectivity index (χ1n) is 28.3. The Hall–Kier alpha value is -7.62. The predicted octanol–water partition coefficient (Wildman–Crippen LogP) is 14.8. The minimum Gasteiger partial charge on any atom is -0.456 e. The van der Waals surface area contributed by atoms with Crippen LogP contribution in [0.4, 0.5) is 0 Å². The third-order valence-corrected chi connectivity index (χ3v) is 10.2. The Kier molecular flexibility index (Phi) is 3.81. The number of aromatic nitrogens is 2. The molecule has 12 rings (SSSR count). The predicted molar refractivity (Wildman–Crippen MR) is 239 cm³/mol. The average molecular weight is 748 g/mol. The zero-order valence-corrected chi connectivity index (χ0v) is 29.3. The number of hydrogen-bond donors (Lipinski definition) is 0. The van der Waals surface area contributed by atoms with Crippen LogP contribution in [-0.2, 0) is 0 Å². The summed E-state index contributed by atoms with van der Waals surface area (Å²) in [6, 6.07) is 8.76. The molecule has 3 nitrogen and oxygen atoms in total. The molecule has 0 atom stereocenters. The Labute approximate surface area is 358 Å². The van der Waals surface area contributed by atoms with Gasteiger partial charge in [-0.25, -0.2) is 0 Å². The van der Waals surface area contributed by atoms with Gasteiger partial charge in [0.2, 0.25) is 0 Å². The highest BCUT2D eigenvalue weighted by molar-refractivity contribution is 6.16. The van der Waals surface area contributed by atoms with E-state index < -0.39 is 127 Å². The standard InChI is InChI=1S/C54H34N2O/c1-3-13-35(14-4-1)36-25-28-39(29-26-36)56-49-23-10-7-17-43(49)45-21-11-20-42(54(45)56)38-27-32-50-47(33-38)44-18-8-9-22-48(44)55(50)40-30-31-46-52(34-40)57-51-24-12-19-41(53(46)51)37-15-5-2-6-16-37/h1-34H/i2D,5D,6D,7D,8D,9D,10D,11D,12D,15D,17D,18D,19D,20D,21D,22D,23D,30D,31D,32D,33D. The van der Waals surface area contributed by atoms with Crippen LogP contribution in [0, 0.1) is 0 Å². The van der Waals surface area contributed by atoms with Crippen molar-refractivity contribution in [3.8, 4) is 44.8 Å². The minimum absolute atomic E-state index is 0.0213. The van der Waals surface area contributed by atoms with E-state index in [1.165, 1.54) is 16.7 Å². The molecule has 57 heavy (non-hydrogen) atoms. The van der Waals surface area contributed by atoms with Gasteiger partial charge in [-0.3, -0.25) is 0 Å². The zero-order chi connectivity index (χ0) is 55.7. The molecule has 0 saturated heterocycles. The van der Waals surface area contributed by atoms with Crippen molar-refractivity contribution in [1.82, 2.24) is 9.13 Å². The summed E-state index contributed by atoms with van der Waals surface area (Å²) in [6.45, 7) is 0. The molecule has 9 aromatic carbocycles. The fourth-order valence-electron chi connectivity index (χ4n) is 7.70.